The Morgan fingerprint density at radius 2 is 1.61 bits per heavy atom. The number of amides is 2. The number of sulfonamides is 1. The molecule has 0 spiro atoms. The fraction of sp³-hybridized carbons (Fsp3) is 0.286. The third-order valence-corrected chi connectivity index (χ3v) is 8.24. The number of nitrogens with zero attached hydrogens (tertiary/aromatic N) is 2. The minimum Gasteiger partial charge on any atom is -0.354 e. The number of nitrogens with one attached hydrogen (secondary N) is 1. The second-order valence-electron chi connectivity index (χ2n) is 8.77. The number of hydrogen-bond donors (Lipinski definition) is 1. The Morgan fingerprint density at radius 1 is 0.921 bits per heavy atom. The average Bonchev–Trinajstić information content (AvgIpc) is 2.90. The first-order chi connectivity index (χ1) is 18.1. The van der Waals surface area contributed by atoms with Crippen LogP contribution in [0.15, 0.2) is 83.8 Å². The van der Waals surface area contributed by atoms with Gasteiger partial charge in [-0.1, -0.05) is 66.9 Å². The van der Waals surface area contributed by atoms with Crippen molar-refractivity contribution in [3.05, 3.63) is 94.5 Å². The Balaban J connectivity index is 1.97. The number of anilines is 1. The number of rotatable bonds is 12. The van der Waals surface area contributed by atoms with Gasteiger partial charge in [-0.3, -0.25) is 13.9 Å². The van der Waals surface area contributed by atoms with Gasteiger partial charge in [-0.05, 0) is 67.4 Å². The van der Waals surface area contributed by atoms with E-state index in [1.54, 1.807) is 61.5 Å². The molecule has 0 aliphatic rings. The summed E-state index contributed by atoms with van der Waals surface area (Å²) >= 11 is 12.1. The molecule has 3 aromatic carbocycles. The molecule has 0 radical (unpaired) electrons. The Kier molecular flexibility index (Phi) is 10.6. The molecule has 0 saturated heterocycles. The van der Waals surface area contributed by atoms with Gasteiger partial charge in [0.15, 0.2) is 0 Å². The topological polar surface area (TPSA) is 86.8 Å². The van der Waals surface area contributed by atoms with Crippen LogP contribution in [0.2, 0.25) is 10.0 Å². The highest BCUT2D eigenvalue weighted by molar-refractivity contribution is 7.92. The van der Waals surface area contributed by atoms with Gasteiger partial charge in [0, 0.05) is 23.1 Å². The normalized spacial score (nSPS) is 12.0. The van der Waals surface area contributed by atoms with Crippen molar-refractivity contribution in [3.63, 3.8) is 0 Å². The van der Waals surface area contributed by atoms with Crippen LogP contribution in [0.1, 0.15) is 32.3 Å². The lowest BCUT2D eigenvalue weighted by Crippen LogP contribution is -2.51. The second-order valence-corrected chi connectivity index (χ2v) is 11.5. The predicted octanol–water partition coefficient (Wildman–Crippen LogP) is 5.52. The van der Waals surface area contributed by atoms with Gasteiger partial charge in [-0.25, -0.2) is 8.42 Å². The Bertz CT molecular complexity index is 1340. The Labute approximate surface area is 234 Å². The molecule has 0 aromatic heterocycles. The van der Waals surface area contributed by atoms with Crippen LogP contribution < -0.4 is 9.62 Å². The molecule has 3 aromatic rings. The van der Waals surface area contributed by atoms with Crippen LogP contribution >= 0.6 is 23.2 Å². The van der Waals surface area contributed by atoms with Crippen molar-refractivity contribution in [2.45, 2.75) is 44.2 Å². The van der Waals surface area contributed by atoms with E-state index in [1.165, 1.54) is 29.2 Å². The summed E-state index contributed by atoms with van der Waals surface area (Å²) in [6.45, 7) is 3.70. The summed E-state index contributed by atoms with van der Waals surface area (Å²) in [5, 5.41) is 3.74. The molecule has 3 rings (SSSR count). The number of benzene rings is 3. The standard InChI is InChI=1S/C28H31Cl2N3O4S/c1-3-4-17-31-28(35)21(2)32(19-22-9-8-10-24(30)18-22)27(34)20-33(25-11-6-5-7-12-25)38(36,37)26-15-13-23(29)14-16-26/h5-16,18,21H,3-4,17,19-20H2,1-2H3,(H,31,35). The third kappa shape index (κ3) is 7.72. The molecule has 0 aliphatic heterocycles. The minimum absolute atomic E-state index is 0.00898. The van der Waals surface area contributed by atoms with E-state index in [9.17, 15) is 18.0 Å². The van der Waals surface area contributed by atoms with Crippen molar-refractivity contribution >= 4 is 50.7 Å². The summed E-state index contributed by atoms with van der Waals surface area (Å²) in [5.41, 5.74) is 1.03. The van der Waals surface area contributed by atoms with Crippen molar-refractivity contribution in [2.75, 3.05) is 17.4 Å². The highest BCUT2D eigenvalue weighted by Crippen LogP contribution is 2.25. The summed E-state index contributed by atoms with van der Waals surface area (Å²) in [4.78, 5) is 28.1. The number of carbonyl (C=O) groups is 2. The molecule has 7 nitrogen and oxygen atoms in total. The van der Waals surface area contributed by atoms with E-state index in [2.05, 4.69) is 5.32 Å². The van der Waals surface area contributed by atoms with Crippen LogP contribution in [0.3, 0.4) is 0 Å². The molecule has 38 heavy (non-hydrogen) atoms. The smallest absolute Gasteiger partial charge is 0.264 e. The molecule has 10 heteroatoms. The molecule has 202 valence electrons. The number of halogens is 2. The van der Waals surface area contributed by atoms with Gasteiger partial charge < -0.3 is 10.2 Å². The molecule has 2 amide bonds. The number of unbranched alkanes of at least 4 members (excludes halogenated alkanes) is 1. The zero-order valence-corrected chi connectivity index (χ0v) is 23.6. The monoisotopic (exact) mass is 575 g/mol. The number of carbonyl (C=O) groups excluding carboxylic acids is 2. The van der Waals surface area contributed by atoms with E-state index in [0.29, 0.717) is 27.8 Å². The van der Waals surface area contributed by atoms with Crippen LogP contribution in [0.4, 0.5) is 5.69 Å². The van der Waals surface area contributed by atoms with E-state index in [0.717, 1.165) is 17.1 Å². The van der Waals surface area contributed by atoms with Crippen molar-refractivity contribution in [1.82, 2.24) is 10.2 Å². The molecule has 1 unspecified atom stereocenters. The van der Waals surface area contributed by atoms with Crippen LogP contribution in [0.25, 0.3) is 0 Å². The van der Waals surface area contributed by atoms with Crippen molar-refractivity contribution in [2.24, 2.45) is 0 Å². The van der Waals surface area contributed by atoms with Crippen LogP contribution in [0, 0.1) is 0 Å². The molecule has 0 heterocycles. The van der Waals surface area contributed by atoms with Gasteiger partial charge in [0.25, 0.3) is 10.0 Å². The molecule has 1 atom stereocenters. The first-order valence-electron chi connectivity index (χ1n) is 12.3. The highest BCUT2D eigenvalue weighted by Gasteiger charge is 2.32. The third-order valence-electron chi connectivity index (χ3n) is 5.96. The number of para-hydroxylation sites is 1. The summed E-state index contributed by atoms with van der Waals surface area (Å²) in [6.07, 6.45) is 1.72. The first-order valence-corrected chi connectivity index (χ1v) is 14.5. The average molecular weight is 577 g/mol. The van der Waals surface area contributed by atoms with Gasteiger partial charge in [0.1, 0.15) is 12.6 Å². The lowest BCUT2D eigenvalue weighted by atomic mass is 10.1. The van der Waals surface area contributed by atoms with Crippen LogP contribution in [0.5, 0.6) is 0 Å². The lowest BCUT2D eigenvalue weighted by Gasteiger charge is -2.32. The molecule has 1 N–H and O–H groups in total. The second kappa shape index (κ2) is 13.6. The molecule has 0 bridgehead atoms. The maximum Gasteiger partial charge on any atom is 0.264 e. The molecule has 0 aliphatic carbocycles. The van der Waals surface area contributed by atoms with E-state index in [1.807, 2.05) is 6.92 Å². The van der Waals surface area contributed by atoms with Crippen LogP contribution in [-0.2, 0) is 26.2 Å². The Hall–Kier alpha value is -3.07. The van der Waals surface area contributed by atoms with E-state index >= 15 is 0 Å². The minimum atomic E-state index is -4.14. The summed E-state index contributed by atoms with van der Waals surface area (Å²) in [5.74, 6) is -0.856. The van der Waals surface area contributed by atoms with Gasteiger partial charge in [-0.15, -0.1) is 0 Å². The lowest BCUT2D eigenvalue weighted by molar-refractivity contribution is -0.139. The molecular formula is C28H31Cl2N3O4S. The first kappa shape index (κ1) is 29.5. The summed E-state index contributed by atoms with van der Waals surface area (Å²) in [6, 6.07) is 20.2. The van der Waals surface area contributed by atoms with Crippen molar-refractivity contribution in [3.8, 4) is 0 Å². The zero-order valence-electron chi connectivity index (χ0n) is 21.3. The van der Waals surface area contributed by atoms with Gasteiger partial charge in [0.05, 0.1) is 10.6 Å². The highest BCUT2D eigenvalue weighted by atomic mass is 35.5. The molecule has 0 fully saturated rings. The van der Waals surface area contributed by atoms with E-state index in [4.69, 9.17) is 23.2 Å². The maximum absolute atomic E-state index is 13.8. The quantitative estimate of drug-likeness (QED) is 0.288. The van der Waals surface area contributed by atoms with Gasteiger partial charge >= 0.3 is 0 Å². The Morgan fingerprint density at radius 3 is 2.24 bits per heavy atom. The van der Waals surface area contributed by atoms with E-state index in [-0.39, 0.29) is 17.3 Å². The van der Waals surface area contributed by atoms with Crippen molar-refractivity contribution in [1.29, 1.82) is 0 Å². The fourth-order valence-electron chi connectivity index (χ4n) is 3.81. The molecule has 0 saturated carbocycles. The summed E-state index contributed by atoms with van der Waals surface area (Å²) < 4.78 is 28.4. The SMILES string of the molecule is CCCCNC(=O)C(C)N(Cc1cccc(Cl)c1)C(=O)CN(c1ccccc1)S(=O)(=O)c1ccc(Cl)cc1. The maximum atomic E-state index is 13.8. The summed E-state index contributed by atoms with van der Waals surface area (Å²) in [7, 11) is -4.14. The largest absolute Gasteiger partial charge is 0.354 e. The molecular weight excluding hydrogens is 545 g/mol. The number of hydrogen-bond acceptors (Lipinski definition) is 4. The zero-order chi connectivity index (χ0) is 27.7. The van der Waals surface area contributed by atoms with Gasteiger partial charge in [-0.2, -0.15) is 0 Å². The van der Waals surface area contributed by atoms with E-state index < -0.39 is 28.5 Å². The van der Waals surface area contributed by atoms with Gasteiger partial charge in [0.2, 0.25) is 11.8 Å². The van der Waals surface area contributed by atoms with Crippen LogP contribution in [-0.4, -0.2) is 44.3 Å². The predicted molar refractivity (Wildman–Crippen MR) is 152 cm³/mol. The van der Waals surface area contributed by atoms with Crippen molar-refractivity contribution < 1.29 is 18.0 Å². The fourth-order valence-corrected chi connectivity index (χ4v) is 5.56.